The van der Waals surface area contributed by atoms with E-state index in [-0.39, 0.29) is 25.7 Å². The van der Waals surface area contributed by atoms with Gasteiger partial charge in [-0.05, 0) is 37.5 Å². The molecule has 0 heterocycles. The number of hydrogen-bond acceptors (Lipinski definition) is 15. The molecule has 3 unspecified atom stereocenters. The summed E-state index contributed by atoms with van der Waals surface area (Å²) in [4.78, 5) is 73.3. The second-order valence-electron chi connectivity index (χ2n) is 31.6. The lowest BCUT2D eigenvalue weighted by atomic mass is 9.99. The Kier molecular flexibility index (Phi) is 76.0. The van der Waals surface area contributed by atoms with Crippen molar-refractivity contribution in [3.8, 4) is 0 Å². The first-order chi connectivity index (χ1) is 50.9. The summed E-state index contributed by atoms with van der Waals surface area (Å²) in [5.74, 6) is -0.524. The number of carbonyl (C=O) groups is 4. The monoisotopic (exact) mass is 1540 g/mol. The summed E-state index contributed by atoms with van der Waals surface area (Å²) < 4.78 is 68.9. The number of aliphatic hydroxyl groups excluding tert-OH is 1. The van der Waals surface area contributed by atoms with Crippen molar-refractivity contribution in [1.29, 1.82) is 0 Å². The number of carbonyl (C=O) groups excluding carboxylic acids is 4. The Labute approximate surface area is 645 Å². The number of rotatable bonds is 85. The van der Waals surface area contributed by atoms with Gasteiger partial charge < -0.3 is 33.8 Å². The molecular formula is C86H168O17P2. The summed E-state index contributed by atoms with van der Waals surface area (Å²) in [5.41, 5.74) is 0. The Morgan fingerprint density at radius 2 is 0.486 bits per heavy atom. The predicted molar refractivity (Wildman–Crippen MR) is 432 cm³/mol. The van der Waals surface area contributed by atoms with Crippen molar-refractivity contribution < 1.29 is 80.2 Å². The van der Waals surface area contributed by atoms with Crippen LogP contribution >= 0.6 is 15.6 Å². The van der Waals surface area contributed by atoms with Crippen molar-refractivity contribution in [3.63, 3.8) is 0 Å². The van der Waals surface area contributed by atoms with Gasteiger partial charge in [0.1, 0.15) is 19.3 Å². The standard InChI is InChI=1S/C86H168O17P2/c1-7-10-12-14-16-18-20-22-24-26-27-29-31-37-41-45-53-59-65-70-85(90)102-81(74-96-83(88)68-62-56-50-43-39-35-33-32-34-38-42-48-54-60-66-78(4)5)76-100-104(92,93)98-72-80(87)73-99-105(94,95)101-77-82(75-97-84(89)69-63-57-51-47-46-49-55-61-67-79(6)9-3)103-86(91)71-64-58-52-44-40-36-30-28-25-23-21-19-17-15-13-11-8-2/h78-82,87H,7-77H2,1-6H3,(H,92,93)(H,94,95)/t79?,80-,81-,82-/m1/s1. The van der Waals surface area contributed by atoms with E-state index in [4.69, 9.17) is 37.0 Å². The highest BCUT2D eigenvalue weighted by atomic mass is 31.2. The lowest BCUT2D eigenvalue weighted by molar-refractivity contribution is -0.161. The molecule has 624 valence electrons. The maximum Gasteiger partial charge on any atom is 0.472 e. The van der Waals surface area contributed by atoms with Crippen LogP contribution in [0.25, 0.3) is 0 Å². The van der Waals surface area contributed by atoms with Crippen molar-refractivity contribution in [3.05, 3.63) is 0 Å². The van der Waals surface area contributed by atoms with Gasteiger partial charge in [-0.15, -0.1) is 0 Å². The van der Waals surface area contributed by atoms with Gasteiger partial charge in [-0.2, -0.15) is 0 Å². The highest BCUT2D eigenvalue weighted by Crippen LogP contribution is 2.45. The molecule has 0 bridgehead atoms. The van der Waals surface area contributed by atoms with Crippen LogP contribution in [0.5, 0.6) is 0 Å². The van der Waals surface area contributed by atoms with E-state index in [0.717, 1.165) is 102 Å². The van der Waals surface area contributed by atoms with Gasteiger partial charge in [0.05, 0.1) is 26.4 Å². The molecule has 0 aliphatic carbocycles. The van der Waals surface area contributed by atoms with Crippen molar-refractivity contribution in [2.75, 3.05) is 39.6 Å². The Morgan fingerprint density at radius 1 is 0.276 bits per heavy atom. The van der Waals surface area contributed by atoms with E-state index < -0.39 is 97.5 Å². The summed E-state index contributed by atoms with van der Waals surface area (Å²) in [6.07, 6.45) is 69.3. The summed E-state index contributed by atoms with van der Waals surface area (Å²) in [5, 5.41) is 10.7. The van der Waals surface area contributed by atoms with Gasteiger partial charge >= 0.3 is 39.5 Å². The Balaban J connectivity index is 5.26. The number of ether oxygens (including phenoxy) is 4. The lowest BCUT2D eigenvalue weighted by Crippen LogP contribution is -2.30. The van der Waals surface area contributed by atoms with Crippen molar-refractivity contribution >= 4 is 39.5 Å². The minimum atomic E-state index is -4.97. The largest absolute Gasteiger partial charge is 0.472 e. The average Bonchev–Trinajstić information content (AvgIpc) is 0.967. The Hall–Kier alpha value is -1.94. The van der Waals surface area contributed by atoms with Crippen molar-refractivity contribution in [2.45, 2.75) is 477 Å². The summed E-state index contributed by atoms with van der Waals surface area (Å²) in [6, 6.07) is 0. The molecule has 6 atom stereocenters. The van der Waals surface area contributed by atoms with E-state index in [0.29, 0.717) is 25.7 Å². The molecule has 0 aliphatic rings. The quantitative estimate of drug-likeness (QED) is 0.0222. The fourth-order valence-electron chi connectivity index (χ4n) is 13.4. The van der Waals surface area contributed by atoms with Crippen LogP contribution in [-0.2, 0) is 65.4 Å². The second kappa shape index (κ2) is 77.4. The topological polar surface area (TPSA) is 237 Å². The first-order valence-electron chi connectivity index (χ1n) is 44.5. The first-order valence-corrected chi connectivity index (χ1v) is 47.5. The van der Waals surface area contributed by atoms with Gasteiger partial charge in [-0.25, -0.2) is 9.13 Å². The van der Waals surface area contributed by atoms with Crippen LogP contribution < -0.4 is 0 Å². The second-order valence-corrected chi connectivity index (χ2v) is 34.6. The maximum atomic E-state index is 13.1. The third-order valence-electron chi connectivity index (χ3n) is 20.6. The van der Waals surface area contributed by atoms with Crippen LogP contribution in [0, 0.1) is 11.8 Å². The number of unbranched alkanes of at least 4 members (excludes halogenated alkanes) is 54. The fourth-order valence-corrected chi connectivity index (χ4v) is 15.0. The van der Waals surface area contributed by atoms with Gasteiger partial charge in [0.15, 0.2) is 12.2 Å². The van der Waals surface area contributed by atoms with E-state index in [1.807, 2.05) is 0 Å². The zero-order valence-corrected chi connectivity index (χ0v) is 70.8. The molecule has 0 fully saturated rings. The maximum absolute atomic E-state index is 13.1. The molecule has 0 saturated carbocycles. The van der Waals surface area contributed by atoms with Crippen LogP contribution in [0.15, 0.2) is 0 Å². The molecular weight excluding hydrogens is 1370 g/mol. The van der Waals surface area contributed by atoms with Gasteiger partial charge in [0, 0.05) is 25.7 Å². The summed E-state index contributed by atoms with van der Waals surface area (Å²) >= 11 is 0. The summed E-state index contributed by atoms with van der Waals surface area (Å²) in [6.45, 7) is 9.70. The van der Waals surface area contributed by atoms with E-state index in [2.05, 4.69) is 41.5 Å². The van der Waals surface area contributed by atoms with Gasteiger partial charge in [0.25, 0.3) is 0 Å². The minimum absolute atomic E-state index is 0.108. The molecule has 0 aromatic rings. The van der Waals surface area contributed by atoms with Gasteiger partial charge in [-0.1, -0.05) is 408 Å². The third-order valence-corrected chi connectivity index (χ3v) is 22.5. The Morgan fingerprint density at radius 3 is 0.724 bits per heavy atom. The smallest absolute Gasteiger partial charge is 0.462 e. The third kappa shape index (κ3) is 78.5. The van der Waals surface area contributed by atoms with Crippen LogP contribution in [-0.4, -0.2) is 96.7 Å². The molecule has 0 radical (unpaired) electrons. The highest BCUT2D eigenvalue weighted by Gasteiger charge is 2.30. The number of aliphatic hydroxyl groups is 1. The molecule has 0 saturated heterocycles. The Bertz CT molecular complexity index is 2010. The molecule has 0 aromatic carbocycles. The number of hydrogen-bond donors (Lipinski definition) is 3. The zero-order valence-electron chi connectivity index (χ0n) is 69.0. The first kappa shape index (κ1) is 103. The van der Waals surface area contributed by atoms with E-state index in [1.165, 1.54) is 276 Å². The molecule has 0 rings (SSSR count). The molecule has 0 spiro atoms. The SMILES string of the molecule is CCCCCCCCCCCCCCCCCCCCCC(=O)O[C@H](COC(=O)CCCCCCCCCCCCCCCCC(C)C)COP(=O)(O)OC[C@@H](O)COP(=O)(O)OC[C@@H](COC(=O)CCCCCCCCCCC(C)CC)OC(=O)CCCCCCCCCCCCCCCCCCC. The number of phosphoric ester groups is 2. The van der Waals surface area contributed by atoms with E-state index in [9.17, 15) is 43.2 Å². The molecule has 0 aliphatic heterocycles. The van der Waals surface area contributed by atoms with Gasteiger partial charge in [0.2, 0.25) is 0 Å². The molecule has 17 nitrogen and oxygen atoms in total. The zero-order chi connectivity index (χ0) is 77.1. The minimum Gasteiger partial charge on any atom is -0.462 e. The van der Waals surface area contributed by atoms with Crippen LogP contribution in [0.3, 0.4) is 0 Å². The van der Waals surface area contributed by atoms with Crippen LogP contribution in [0.2, 0.25) is 0 Å². The number of phosphoric acid groups is 2. The normalized spacial score (nSPS) is 14.1. The number of esters is 4. The van der Waals surface area contributed by atoms with Crippen LogP contribution in [0.1, 0.15) is 459 Å². The predicted octanol–water partition coefficient (Wildman–Crippen LogP) is 26.2. The summed E-state index contributed by atoms with van der Waals surface area (Å²) in [7, 11) is -9.93. The van der Waals surface area contributed by atoms with E-state index in [1.54, 1.807) is 0 Å². The van der Waals surface area contributed by atoms with Crippen LogP contribution in [0.4, 0.5) is 0 Å². The molecule has 0 aromatic heterocycles. The average molecular weight is 1540 g/mol. The molecule has 19 heteroatoms. The molecule has 105 heavy (non-hydrogen) atoms. The highest BCUT2D eigenvalue weighted by molar-refractivity contribution is 7.47. The van der Waals surface area contributed by atoms with Crippen molar-refractivity contribution in [1.82, 2.24) is 0 Å². The van der Waals surface area contributed by atoms with E-state index >= 15 is 0 Å². The van der Waals surface area contributed by atoms with Gasteiger partial charge in [-0.3, -0.25) is 37.3 Å². The lowest BCUT2D eigenvalue weighted by Gasteiger charge is -2.21. The molecule has 3 N–H and O–H groups in total. The fraction of sp³-hybridized carbons (Fsp3) is 0.953. The molecule has 0 amide bonds. The van der Waals surface area contributed by atoms with Crippen molar-refractivity contribution in [2.24, 2.45) is 11.8 Å².